The first-order valence-corrected chi connectivity index (χ1v) is 15.5. The molecule has 0 fully saturated rings. The maximum atomic E-state index is 12.6. The number of allylic oxidation sites excluding steroid dienone is 2. The lowest BCUT2D eigenvalue weighted by Crippen LogP contribution is -2.47. The van der Waals surface area contributed by atoms with E-state index in [1.165, 1.54) is 64.2 Å². The molecule has 0 aromatic rings. The lowest BCUT2D eigenvalue weighted by atomic mass is 10.1. The summed E-state index contributed by atoms with van der Waals surface area (Å²) in [5, 5.41) is 8.63. The third-order valence-electron chi connectivity index (χ3n) is 6.66. The highest BCUT2D eigenvalue weighted by atomic mass is 16.2. The molecule has 0 radical (unpaired) electrons. The van der Waals surface area contributed by atoms with Crippen LogP contribution in [0.2, 0.25) is 0 Å². The molecule has 0 aromatic carbocycles. The molecule has 0 aromatic heterocycles. The summed E-state index contributed by atoms with van der Waals surface area (Å²) >= 11 is 0. The molecule has 0 aliphatic rings. The van der Waals surface area contributed by atoms with Gasteiger partial charge in [-0.1, -0.05) is 104 Å². The summed E-state index contributed by atoms with van der Waals surface area (Å²) in [5.41, 5.74) is 0. The van der Waals surface area contributed by atoms with Crippen LogP contribution in [0.1, 0.15) is 149 Å². The molecule has 0 spiro atoms. The van der Waals surface area contributed by atoms with Crippen LogP contribution in [-0.2, 0) is 14.4 Å². The van der Waals surface area contributed by atoms with E-state index in [-0.39, 0.29) is 24.1 Å². The van der Waals surface area contributed by atoms with Crippen molar-refractivity contribution in [3.8, 4) is 0 Å². The topological polar surface area (TPSA) is 87.3 Å². The van der Waals surface area contributed by atoms with E-state index in [0.717, 1.165) is 44.9 Å². The Bertz CT molecular complexity index is 592. The predicted molar refractivity (Wildman–Crippen MR) is 156 cm³/mol. The Morgan fingerprint density at radius 1 is 0.568 bits per heavy atom. The van der Waals surface area contributed by atoms with Crippen LogP contribution in [0.4, 0.5) is 0 Å². The van der Waals surface area contributed by atoms with Crippen LogP contribution >= 0.6 is 0 Å². The second-order valence-corrected chi connectivity index (χ2v) is 10.3. The fraction of sp³-hybridized carbons (Fsp3) is 0.839. The molecule has 0 aliphatic heterocycles. The molecule has 3 amide bonds. The molecule has 37 heavy (non-hydrogen) atoms. The van der Waals surface area contributed by atoms with Gasteiger partial charge in [-0.2, -0.15) is 0 Å². The fourth-order valence-electron chi connectivity index (χ4n) is 4.18. The van der Waals surface area contributed by atoms with Crippen molar-refractivity contribution in [2.24, 2.45) is 0 Å². The Labute approximate surface area is 228 Å². The second-order valence-electron chi connectivity index (χ2n) is 10.3. The van der Waals surface area contributed by atoms with Gasteiger partial charge in [0.25, 0.3) is 0 Å². The third-order valence-corrected chi connectivity index (χ3v) is 6.66. The number of carbonyl (C=O) groups excluding carboxylic acids is 3. The second kappa shape index (κ2) is 27.2. The molecular weight excluding hydrogens is 462 g/mol. The van der Waals surface area contributed by atoms with Crippen LogP contribution in [0.3, 0.4) is 0 Å². The van der Waals surface area contributed by atoms with Crippen molar-refractivity contribution in [3.05, 3.63) is 12.2 Å². The van der Waals surface area contributed by atoms with Gasteiger partial charge < -0.3 is 16.0 Å². The summed E-state index contributed by atoms with van der Waals surface area (Å²) in [6.45, 7) is 7.65. The quantitative estimate of drug-likeness (QED) is 0.0836. The van der Waals surface area contributed by atoms with Crippen LogP contribution < -0.4 is 16.0 Å². The minimum atomic E-state index is -0.659. The largest absolute Gasteiger partial charge is 0.356 e. The summed E-state index contributed by atoms with van der Waals surface area (Å²) in [7, 11) is 0. The zero-order valence-corrected chi connectivity index (χ0v) is 24.5. The van der Waals surface area contributed by atoms with Crippen LogP contribution in [0.25, 0.3) is 0 Å². The number of carbonyl (C=O) groups is 3. The van der Waals surface area contributed by atoms with E-state index in [4.69, 9.17) is 0 Å². The lowest BCUT2D eigenvalue weighted by Gasteiger charge is -2.18. The molecule has 6 heteroatoms. The van der Waals surface area contributed by atoms with Gasteiger partial charge in [-0.15, -0.1) is 0 Å². The van der Waals surface area contributed by atoms with Crippen molar-refractivity contribution in [1.82, 2.24) is 16.0 Å². The number of nitrogens with one attached hydrogen (secondary N) is 3. The van der Waals surface area contributed by atoms with Gasteiger partial charge in [-0.05, 0) is 44.9 Å². The Balaban J connectivity index is 4.06. The minimum Gasteiger partial charge on any atom is -0.356 e. The minimum absolute atomic E-state index is 0.0680. The average Bonchev–Trinajstić information content (AvgIpc) is 2.89. The first-order valence-electron chi connectivity index (χ1n) is 15.5. The zero-order chi connectivity index (χ0) is 27.4. The van der Waals surface area contributed by atoms with Gasteiger partial charge in [-0.3, -0.25) is 14.4 Å². The van der Waals surface area contributed by atoms with Gasteiger partial charge >= 0.3 is 0 Å². The molecular formula is C31H59N3O3. The summed E-state index contributed by atoms with van der Waals surface area (Å²) in [6.07, 6.45) is 25.5. The fourth-order valence-corrected chi connectivity index (χ4v) is 4.18. The number of unbranched alkanes of at least 4 members (excludes halogenated alkanes) is 13. The molecule has 1 atom stereocenters. The average molecular weight is 522 g/mol. The summed E-state index contributed by atoms with van der Waals surface area (Å²) in [5.74, 6) is -0.383. The van der Waals surface area contributed by atoms with E-state index in [1.807, 2.05) is 0 Å². The van der Waals surface area contributed by atoms with E-state index < -0.39 is 6.04 Å². The molecule has 0 saturated heterocycles. The Morgan fingerprint density at radius 3 is 1.68 bits per heavy atom. The van der Waals surface area contributed by atoms with Gasteiger partial charge in [0, 0.05) is 25.9 Å². The Morgan fingerprint density at radius 2 is 1.08 bits per heavy atom. The van der Waals surface area contributed by atoms with E-state index in [1.54, 1.807) is 0 Å². The van der Waals surface area contributed by atoms with Crippen LogP contribution in [0.5, 0.6) is 0 Å². The van der Waals surface area contributed by atoms with E-state index in [2.05, 4.69) is 48.9 Å². The van der Waals surface area contributed by atoms with Gasteiger partial charge in [0.05, 0.1) is 0 Å². The van der Waals surface area contributed by atoms with Gasteiger partial charge in [-0.25, -0.2) is 0 Å². The summed E-state index contributed by atoms with van der Waals surface area (Å²) in [4.78, 5) is 37.1. The van der Waals surface area contributed by atoms with Gasteiger partial charge in [0.1, 0.15) is 6.04 Å². The standard InChI is InChI=1S/C31H59N3O3/c1-4-7-10-11-12-13-14-15-16-17-18-19-20-21-22-23-30(36)34-28(31(37)33-27-9-6-3)24-25-29(35)32-26-8-5-2/h19-20,28H,4-18,21-27H2,1-3H3,(H,32,35)(H,33,37)(H,34,36)/b20-19+/t28-/m0/s1. The number of hydrogen-bond donors (Lipinski definition) is 3. The van der Waals surface area contributed by atoms with Crippen molar-refractivity contribution in [2.45, 2.75) is 155 Å². The molecule has 3 N–H and O–H groups in total. The van der Waals surface area contributed by atoms with E-state index in [9.17, 15) is 14.4 Å². The molecule has 0 saturated carbocycles. The Hall–Kier alpha value is -1.85. The molecule has 0 aliphatic carbocycles. The van der Waals surface area contributed by atoms with Gasteiger partial charge in [0.2, 0.25) is 17.7 Å². The monoisotopic (exact) mass is 521 g/mol. The normalized spacial score (nSPS) is 12.0. The first-order chi connectivity index (χ1) is 18.0. The lowest BCUT2D eigenvalue weighted by molar-refractivity contribution is -0.129. The van der Waals surface area contributed by atoms with Crippen molar-refractivity contribution in [3.63, 3.8) is 0 Å². The number of rotatable bonds is 26. The number of hydrogen-bond acceptors (Lipinski definition) is 3. The number of amides is 3. The van der Waals surface area contributed by atoms with Crippen molar-refractivity contribution in [1.29, 1.82) is 0 Å². The predicted octanol–water partition coefficient (Wildman–Crippen LogP) is 7.12. The van der Waals surface area contributed by atoms with Crippen molar-refractivity contribution in [2.75, 3.05) is 13.1 Å². The summed E-state index contributed by atoms with van der Waals surface area (Å²) in [6, 6.07) is -0.659. The first kappa shape index (κ1) is 35.2. The van der Waals surface area contributed by atoms with Crippen LogP contribution in [-0.4, -0.2) is 36.9 Å². The Kier molecular flexibility index (Phi) is 25.8. The van der Waals surface area contributed by atoms with E-state index >= 15 is 0 Å². The molecule has 216 valence electrons. The molecule has 6 nitrogen and oxygen atoms in total. The van der Waals surface area contributed by atoms with Crippen molar-refractivity contribution >= 4 is 17.7 Å². The maximum absolute atomic E-state index is 12.6. The molecule has 0 heterocycles. The van der Waals surface area contributed by atoms with Crippen LogP contribution in [0, 0.1) is 0 Å². The van der Waals surface area contributed by atoms with Gasteiger partial charge in [0.15, 0.2) is 0 Å². The highest BCUT2D eigenvalue weighted by Crippen LogP contribution is 2.11. The van der Waals surface area contributed by atoms with E-state index in [0.29, 0.717) is 25.9 Å². The van der Waals surface area contributed by atoms with Crippen molar-refractivity contribution < 1.29 is 14.4 Å². The summed E-state index contributed by atoms with van der Waals surface area (Å²) < 4.78 is 0. The molecule has 0 rings (SSSR count). The SMILES string of the molecule is CCCCCCCCCCCC/C=C/CCCC(=O)N[C@@H](CCC(=O)NCCCC)C(=O)NCCCC. The molecule has 0 unspecified atom stereocenters. The highest BCUT2D eigenvalue weighted by molar-refractivity contribution is 5.88. The maximum Gasteiger partial charge on any atom is 0.242 e. The molecule has 0 bridgehead atoms. The highest BCUT2D eigenvalue weighted by Gasteiger charge is 2.21. The van der Waals surface area contributed by atoms with Crippen LogP contribution in [0.15, 0.2) is 12.2 Å². The smallest absolute Gasteiger partial charge is 0.242 e. The third kappa shape index (κ3) is 24.3. The zero-order valence-electron chi connectivity index (χ0n) is 24.5.